The largest absolute Gasteiger partial charge is 0.466 e. The molecule has 1 aliphatic heterocycles. The second-order valence-corrected chi connectivity index (χ2v) is 6.82. The van der Waals surface area contributed by atoms with Crippen molar-refractivity contribution in [2.75, 3.05) is 19.7 Å². The first kappa shape index (κ1) is 17.5. The van der Waals surface area contributed by atoms with Gasteiger partial charge in [-0.15, -0.1) is 11.3 Å². The van der Waals surface area contributed by atoms with Crippen molar-refractivity contribution < 1.29 is 14.3 Å². The van der Waals surface area contributed by atoms with Crippen LogP contribution in [0.3, 0.4) is 0 Å². The molecular formula is C18H21N3O3S. The van der Waals surface area contributed by atoms with Gasteiger partial charge in [-0.2, -0.15) is 0 Å². The van der Waals surface area contributed by atoms with E-state index in [4.69, 9.17) is 4.74 Å². The molecule has 0 aliphatic carbocycles. The first-order valence-electron chi connectivity index (χ1n) is 8.46. The summed E-state index contributed by atoms with van der Waals surface area (Å²) in [5.74, 6) is -0.161. The number of amides is 1. The number of carbonyl (C=O) groups excluding carboxylic acids is 2. The quantitative estimate of drug-likeness (QED) is 0.767. The molecule has 0 atom stereocenters. The average Bonchev–Trinajstić information content (AvgIpc) is 3.11. The number of carbonyl (C=O) groups is 2. The minimum absolute atomic E-state index is 0.0638. The minimum atomic E-state index is -0.143. The van der Waals surface area contributed by atoms with Gasteiger partial charge >= 0.3 is 5.97 Å². The number of likely N-dealkylation sites (tertiary alicyclic amines) is 1. The molecule has 0 saturated carbocycles. The van der Waals surface area contributed by atoms with Crippen LogP contribution in [-0.2, 0) is 20.7 Å². The molecule has 1 fully saturated rings. The fraction of sp³-hybridized carbons (Fsp3) is 0.444. The van der Waals surface area contributed by atoms with Crippen molar-refractivity contribution in [2.24, 2.45) is 5.92 Å². The predicted molar refractivity (Wildman–Crippen MR) is 95.0 cm³/mol. The topological polar surface area (TPSA) is 72.4 Å². The number of pyridine rings is 1. The van der Waals surface area contributed by atoms with E-state index >= 15 is 0 Å². The molecule has 1 aliphatic rings. The van der Waals surface area contributed by atoms with Gasteiger partial charge in [-0.25, -0.2) is 4.98 Å². The summed E-state index contributed by atoms with van der Waals surface area (Å²) in [5.41, 5.74) is 1.79. The molecule has 3 heterocycles. The van der Waals surface area contributed by atoms with E-state index in [2.05, 4.69) is 9.97 Å². The van der Waals surface area contributed by atoms with E-state index in [-0.39, 0.29) is 17.8 Å². The number of ether oxygens (including phenoxy) is 1. The Hall–Kier alpha value is -2.28. The lowest BCUT2D eigenvalue weighted by Crippen LogP contribution is -2.41. The fourth-order valence-electron chi connectivity index (χ4n) is 2.91. The van der Waals surface area contributed by atoms with Gasteiger partial charge in [0, 0.05) is 36.4 Å². The molecule has 0 bridgehead atoms. The van der Waals surface area contributed by atoms with Gasteiger partial charge in [-0.1, -0.05) is 0 Å². The third kappa shape index (κ3) is 4.42. The Bertz CT molecular complexity index is 724. The van der Waals surface area contributed by atoms with Gasteiger partial charge in [0.1, 0.15) is 5.01 Å². The maximum atomic E-state index is 12.5. The Morgan fingerprint density at radius 3 is 2.68 bits per heavy atom. The normalized spacial score (nSPS) is 15.2. The van der Waals surface area contributed by atoms with E-state index in [0.29, 0.717) is 39.0 Å². The van der Waals surface area contributed by atoms with E-state index in [9.17, 15) is 9.59 Å². The molecule has 25 heavy (non-hydrogen) atoms. The van der Waals surface area contributed by atoms with Gasteiger partial charge < -0.3 is 9.64 Å². The van der Waals surface area contributed by atoms with Crippen LogP contribution in [-0.4, -0.2) is 46.4 Å². The number of hydrogen-bond acceptors (Lipinski definition) is 6. The number of thiazole rings is 1. The number of esters is 1. The first-order valence-corrected chi connectivity index (χ1v) is 9.34. The predicted octanol–water partition coefficient (Wildman–Crippen LogP) is 2.55. The summed E-state index contributed by atoms with van der Waals surface area (Å²) in [6.07, 6.45) is 5.10. The molecule has 132 valence electrons. The third-order valence-electron chi connectivity index (χ3n) is 4.28. The maximum Gasteiger partial charge on any atom is 0.309 e. The number of hydrogen-bond donors (Lipinski definition) is 0. The van der Waals surface area contributed by atoms with Crippen molar-refractivity contribution in [1.82, 2.24) is 14.9 Å². The summed E-state index contributed by atoms with van der Waals surface area (Å²) < 4.78 is 5.06. The lowest BCUT2D eigenvalue weighted by atomic mass is 9.97. The molecule has 2 aromatic rings. The second-order valence-electron chi connectivity index (χ2n) is 5.96. The molecule has 3 rings (SSSR count). The minimum Gasteiger partial charge on any atom is -0.466 e. The summed E-state index contributed by atoms with van der Waals surface area (Å²) in [7, 11) is 0. The summed E-state index contributed by atoms with van der Waals surface area (Å²) in [5, 5.41) is 2.82. The number of aromatic nitrogens is 2. The zero-order valence-corrected chi connectivity index (χ0v) is 15.0. The summed E-state index contributed by atoms with van der Waals surface area (Å²) in [6.45, 7) is 3.42. The standard InChI is InChI=1S/C18H21N3O3S/c1-2-24-18(23)14-5-9-21(10-6-14)16(22)11-15-12-25-17(20-15)13-3-7-19-8-4-13/h3-4,7-8,12,14H,2,5-6,9-11H2,1H3. The first-order chi connectivity index (χ1) is 12.2. The van der Waals surface area contributed by atoms with Crippen LogP contribution in [0.15, 0.2) is 29.9 Å². The molecule has 0 N–H and O–H groups in total. The van der Waals surface area contributed by atoms with Crippen molar-refractivity contribution in [1.29, 1.82) is 0 Å². The molecule has 1 amide bonds. The lowest BCUT2D eigenvalue weighted by Gasteiger charge is -2.30. The van der Waals surface area contributed by atoms with Gasteiger partial charge in [0.05, 0.1) is 24.6 Å². The molecule has 0 spiro atoms. The summed E-state index contributed by atoms with van der Waals surface area (Å²) >= 11 is 1.53. The van der Waals surface area contributed by atoms with Crippen LogP contribution >= 0.6 is 11.3 Å². The van der Waals surface area contributed by atoms with Crippen molar-refractivity contribution in [3.05, 3.63) is 35.6 Å². The lowest BCUT2D eigenvalue weighted by molar-refractivity contribution is -0.151. The van der Waals surface area contributed by atoms with Gasteiger partial charge in [0.15, 0.2) is 0 Å². The summed E-state index contributed by atoms with van der Waals surface area (Å²) in [4.78, 5) is 34.6. The Morgan fingerprint density at radius 2 is 2.00 bits per heavy atom. The Labute approximate surface area is 150 Å². The Morgan fingerprint density at radius 1 is 1.28 bits per heavy atom. The van der Waals surface area contributed by atoms with Gasteiger partial charge in [0.25, 0.3) is 0 Å². The molecule has 0 aromatic carbocycles. The van der Waals surface area contributed by atoms with Gasteiger partial charge in [-0.3, -0.25) is 14.6 Å². The van der Waals surface area contributed by atoms with Crippen molar-refractivity contribution in [2.45, 2.75) is 26.2 Å². The van der Waals surface area contributed by atoms with E-state index in [1.807, 2.05) is 29.3 Å². The molecule has 7 heteroatoms. The van der Waals surface area contributed by atoms with Crippen molar-refractivity contribution in [3.63, 3.8) is 0 Å². The number of piperidine rings is 1. The van der Waals surface area contributed by atoms with Crippen LogP contribution in [0.2, 0.25) is 0 Å². The maximum absolute atomic E-state index is 12.5. The van der Waals surface area contributed by atoms with E-state index < -0.39 is 0 Å². The molecule has 0 radical (unpaired) electrons. The SMILES string of the molecule is CCOC(=O)C1CCN(C(=O)Cc2csc(-c3ccncc3)n2)CC1. The van der Waals surface area contributed by atoms with Gasteiger partial charge in [-0.05, 0) is 31.9 Å². The molecule has 0 unspecified atom stereocenters. The number of rotatable bonds is 5. The van der Waals surface area contributed by atoms with Crippen molar-refractivity contribution >= 4 is 23.2 Å². The van der Waals surface area contributed by atoms with Crippen molar-refractivity contribution in [3.8, 4) is 10.6 Å². The smallest absolute Gasteiger partial charge is 0.309 e. The van der Waals surface area contributed by atoms with Crippen LogP contribution in [0.4, 0.5) is 0 Å². The number of nitrogens with zero attached hydrogens (tertiary/aromatic N) is 3. The van der Waals surface area contributed by atoms with E-state index in [1.165, 1.54) is 11.3 Å². The van der Waals surface area contributed by atoms with Crippen LogP contribution in [0.25, 0.3) is 10.6 Å². The molecule has 2 aromatic heterocycles. The van der Waals surface area contributed by atoms with Gasteiger partial charge in [0.2, 0.25) is 5.91 Å². The van der Waals surface area contributed by atoms with E-state index in [1.54, 1.807) is 12.4 Å². The monoisotopic (exact) mass is 359 g/mol. The molecule has 6 nitrogen and oxygen atoms in total. The van der Waals surface area contributed by atoms with Crippen LogP contribution in [0.5, 0.6) is 0 Å². The van der Waals surface area contributed by atoms with Crippen LogP contribution in [0, 0.1) is 5.92 Å². The van der Waals surface area contributed by atoms with E-state index in [0.717, 1.165) is 16.3 Å². The zero-order chi connectivity index (χ0) is 17.6. The second kappa shape index (κ2) is 8.20. The highest BCUT2D eigenvalue weighted by atomic mass is 32.1. The van der Waals surface area contributed by atoms with Crippen LogP contribution < -0.4 is 0 Å². The fourth-order valence-corrected chi connectivity index (χ4v) is 3.73. The Balaban J connectivity index is 1.54. The highest BCUT2D eigenvalue weighted by Crippen LogP contribution is 2.24. The summed E-state index contributed by atoms with van der Waals surface area (Å²) in [6, 6.07) is 3.81. The third-order valence-corrected chi connectivity index (χ3v) is 5.22. The average molecular weight is 359 g/mol. The molecular weight excluding hydrogens is 338 g/mol. The molecule has 1 saturated heterocycles. The Kier molecular flexibility index (Phi) is 5.75. The highest BCUT2D eigenvalue weighted by molar-refractivity contribution is 7.13. The highest BCUT2D eigenvalue weighted by Gasteiger charge is 2.28. The zero-order valence-electron chi connectivity index (χ0n) is 14.2. The van der Waals surface area contributed by atoms with Crippen LogP contribution in [0.1, 0.15) is 25.5 Å².